The summed E-state index contributed by atoms with van der Waals surface area (Å²) in [5.74, 6) is 26.6. The van der Waals surface area contributed by atoms with Crippen molar-refractivity contribution in [3.8, 4) is 58.6 Å². The fraction of sp³-hybridized carbons (Fsp3) is 0.673. The molecule has 0 radical (unpaired) electrons. The Hall–Kier alpha value is -6.97. The molecule has 0 bridgehead atoms. The third kappa shape index (κ3) is 33.3. The van der Waals surface area contributed by atoms with Crippen molar-refractivity contribution in [1.29, 1.82) is 0 Å². The predicted molar refractivity (Wildman–Crippen MR) is 535 cm³/mol. The second-order valence-corrected chi connectivity index (χ2v) is 57.7. The molecule has 4 aromatic rings. The Morgan fingerprint density at radius 2 is 0.960 bits per heavy atom. The van der Waals surface area contributed by atoms with Crippen LogP contribution in [0, 0.1) is 126 Å². The number of pyridine rings is 1. The molecular formula is C110H172N6O5Si3. The molecule has 0 spiro atoms. The van der Waals surface area contributed by atoms with Gasteiger partial charge in [0.2, 0.25) is 0 Å². The minimum atomic E-state index is -1.80. The molecule has 7 aliphatic rings. The number of terminal acetylenes is 1. The quantitative estimate of drug-likeness (QED) is 0.0473. The molecule has 2 aromatic carbocycles. The van der Waals surface area contributed by atoms with Gasteiger partial charge in [-0.3, -0.25) is 9.78 Å². The van der Waals surface area contributed by atoms with E-state index in [9.17, 15) is 14.4 Å². The molecule has 124 heavy (non-hydrogen) atoms. The Morgan fingerprint density at radius 3 is 1.40 bits per heavy atom. The van der Waals surface area contributed by atoms with Gasteiger partial charge in [0.25, 0.3) is 5.91 Å². The van der Waals surface area contributed by atoms with E-state index < -0.39 is 30.2 Å². The molecule has 3 heterocycles. The summed E-state index contributed by atoms with van der Waals surface area (Å²) < 4.78 is 11.6. The number of hydrogen-bond donors (Lipinski definition) is 1. The van der Waals surface area contributed by atoms with E-state index >= 15 is 0 Å². The van der Waals surface area contributed by atoms with Crippen molar-refractivity contribution >= 4 is 47.8 Å². The van der Waals surface area contributed by atoms with E-state index in [4.69, 9.17) is 16.9 Å². The predicted octanol–water partition coefficient (Wildman–Crippen LogP) is 28.3. The zero-order valence-corrected chi connectivity index (χ0v) is 85.9. The zero-order chi connectivity index (χ0) is 92.0. The highest BCUT2D eigenvalue weighted by Crippen LogP contribution is 2.46. The maximum Gasteiger partial charge on any atom is 0.332 e. The van der Waals surface area contributed by atoms with Crippen molar-refractivity contribution in [2.45, 2.75) is 409 Å². The summed E-state index contributed by atoms with van der Waals surface area (Å²) in [6.45, 7) is 64.7. The number of amides is 1. The van der Waals surface area contributed by atoms with Gasteiger partial charge in [0.15, 0.2) is 0 Å². The van der Waals surface area contributed by atoms with Crippen molar-refractivity contribution < 1.29 is 23.9 Å². The van der Waals surface area contributed by atoms with Crippen LogP contribution in [0.5, 0.6) is 0 Å². The second-order valence-electron chi connectivity index (χ2n) is 41.0. The minimum absolute atomic E-state index is 0.00337. The topological polar surface area (TPSA) is 143 Å². The number of nitrogens with zero attached hydrogens (tertiary/aromatic N) is 5. The molecule has 6 saturated carbocycles. The molecule has 2 aromatic heterocycles. The highest BCUT2D eigenvalue weighted by molar-refractivity contribution is 6.91. The second kappa shape index (κ2) is 54.4. The van der Waals surface area contributed by atoms with Crippen LogP contribution in [0.2, 0.25) is 49.9 Å². The van der Waals surface area contributed by atoms with Crippen LogP contribution in [0.1, 0.15) is 370 Å². The number of aromatic nitrogens is 4. The highest BCUT2D eigenvalue weighted by Gasteiger charge is 2.46. The maximum absolute atomic E-state index is 13.4. The Morgan fingerprint density at radius 1 is 0.524 bits per heavy atom. The van der Waals surface area contributed by atoms with Crippen LogP contribution in [0.4, 0.5) is 0 Å². The molecular weight excluding hydrogens is 1570 g/mol. The standard InChI is InChI=1S/C28H40N2O3Si.C18H34Si.C17H23N3.C17H33NSi.C16H20.C9H14.C5H8O2/c1-8-33-26(31)18-25-24-13-10-15-29-27(24)28(32)30(25)23-12-9-11-22(17-23)14-16-34(19(2)3,20(4)5)21(6)7;1-14(2)19(15(3)4,16(5)6)12-11-18-10-8-9-17(7)13-18;1-13-5-3-7-15(9-13)11-20-12-17(18-19-20)16-8-4-6-14(2)10-16;1-13(2)19(14(3)4,15(5)6)11-10-16-8-7-9-17(18)12-16;1-13-6-8-15(9-7-13)10-11-16-5-3-4-14(2)12-16;1-3-9-6-4-5-8(2)7-9;1-3-5(6)7-4-2/h10,13,15,18-23H,8-9,11-12,17H2,1-7H3;14-18H,8-10,13H2,1-7H3;3,5,7,9,12,14,16H,4,6,8,10-11H2,1-2H3;13-17H,7-9,12,18H2,1-6H3;6-9,14,16H,3-5,12H2,1-2H3;1,8-9H,4-7H2,2H3;3H,1,4H2,2H3/b25-18+;;;;;;. The Bertz CT molecular complexity index is 4090. The van der Waals surface area contributed by atoms with Gasteiger partial charge in [-0.05, 0) is 221 Å². The Kier molecular flexibility index (Phi) is 47.2. The van der Waals surface area contributed by atoms with Gasteiger partial charge in [-0.25, -0.2) is 14.3 Å². The van der Waals surface area contributed by atoms with Crippen molar-refractivity contribution in [2.75, 3.05) is 13.2 Å². The van der Waals surface area contributed by atoms with E-state index in [1.807, 2.05) is 10.7 Å². The maximum atomic E-state index is 13.4. The summed E-state index contributed by atoms with van der Waals surface area (Å²) in [6.07, 6.45) is 41.6. The van der Waals surface area contributed by atoms with Gasteiger partial charge >= 0.3 is 11.9 Å². The fourth-order valence-corrected chi connectivity index (χ4v) is 37.8. The Balaban J connectivity index is 0.000000269. The van der Waals surface area contributed by atoms with Crippen LogP contribution < -0.4 is 5.73 Å². The van der Waals surface area contributed by atoms with Gasteiger partial charge < -0.3 is 20.1 Å². The van der Waals surface area contributed by atoms with Gasteiger partial charge in [0.1, 0.15) is 29.9 Å². The van der Waals surface area contributed by atoms with E-state index in [0.29, 0.717) is 82.4 Å². The highest BCUT2D eigenvalue weighted by atomic mass is 28.3. The summed E-state index contributed by atoms with van der Waals surface area (Å²) in [5, 5.41) is 8.71. The van der Waals surface area contributed by atoms with Crippen LogP contribution in [0.25, 0.3) is 5.70 Å². The number of ether oxygens (including phenoxy) is 2. The van der Waals surface area contributed by atoms with Gasteiger partial charge in [-0.1, -0.05) is 288 Å². The Labute approximate surface area is 761 Å². The fourth-order valence-electron chi connectivity index (χ4n) is 21.8. The van der Waals surface area contributed by atoms with Crippen molar-refractivity contribution in [1.82, 2.24) is 24.9 Å². The van der Waals surface area contributed by atoms with E-state index in [1.165, 1.54) is 150 Å². The summed E-state index contributed by atoms with van der Waals surface area (Å²) in [4.78, 5) is 41.9. The third-order valence-corrected chi connectivity index (χ3v) is 47.3. The molecule has 12 atom stereocenters. The molecule has 6 aliphatic carbocycles. The van der Waals surface area contributed by atoms with E-state index in [1.54, 1.807) is 31.0 Å². The number of rotatable bonds is 17. The summed E-state index contributed by atoms with van der Waals surface area (Å²) >= 11 is 0. The number of benzene rings is 2. The first-order valence-corrected chi connectivity index (χ1v) is 55.8. The van der Waals surface area contributed by atoms with E-state index in [2.05, 4.69) is 300 Å². The van der Waals surface area contributed by atoms with Gasteiger partial charge in [0, 0.05) is 83.3 Å². The minimum Gasteiger partial charge on any atom is -0.463 e. The molecule has 2 N–H and O–H groups in total. The largest absolute Gasteiger partial charge is 0.463 e. The molecule has 0 saturated heterocycles. The van der Waals surface area contributed by atoms with Crippen molar-refractivity contribution in [3.05, 3.63) is 131 Å². The van der Waals surface area contributed by atoms with Gasteiger partial charge in [-0.15, -0.1) is 51.8 Å². The van der Waals surface area contributed by atoms with Crippen LogP contribution >= 0.6 is 0 Å². The lowest BCUT2D eigenvalue weighted by Crippen LogP contribution is -2.43. The molecule has 11 nitrogen and oxygen atoms in total. The van der Waals surface area contributed by atoms with Crippen LogP contribution in [0.15, 0.2) is 91.8 Å². The van der Waals surface area contributed by atoms with Crippen molar-refractivity contribution in [3.63, 3.8) is 0 Å². The molecule has 11 rings (SSSR count). The summed E-state index contributed by atoms with van der Waals surface area (Å²) in [5.41, 5.74) is 32.0. The molecule has 1 amide bonds. The zero-order valence-electron chi connectivity index (χ0n) is 82.9. The normalized spacial score (nSPS) is 23.4. The van der Waals surface area contributed by atoms with Crippen LogP contribution in [0.3, 0.4) is 0 Å². The first kappa shape index (κ1) is 108. The van der Waals surface area contributed by atoms with Crippen molar-refractivity contribution in [2.24, 2.45) is 59.0 Å². The molecule has 6 fully saturated rings. The third-order valence-electron chi connectivity index (χ3n) is 28.4. The summed E-state index contributed by atoms with van der Waals surface area (Å²) in [6, 6.07) is 21.2. The number of carbonyl (C=O) groups is 3. The van der Waals surface area contributed by atoms with E-state index in [0.717, 1.165) is 107 Å². The lowest BCUT2D eigenvalue weighted by molar-refractivity contribution is -0.138. The average Bonchev–Trinajstić information content (AvgIpc) is 1.59. The average molecular weight is 1740 g/mol. The SMILES string of the molecule is C#CC1CCCC(C)C1.C=CC(=O)OCC.CC(C)[Si](C#CC1CCCC(N)C1)(C(C)C)C(C)C.CC1CCCC(C#C[Si](C(C)C)(C(C)C)C(C)C)C1.CCOC(=O)/C=C1\c2cccnc2C(=O)N1C1CCCC(C#C[Si](C(C)C)(C(C)C)C(C)C)C1.Cc1ccc(C#CC2CCCC(C)C2)cc1.Cc1cccc(Cn2cc(C3CCCC(C)C3)nn2)c1. The number of aryl methyl sites for hydroxylation is 2. The van der Waals surface area contributed by atoms with Crippen LogP contribution in [-0.2, 0) is 25.6 Å². The molecule has 12 unspecified atom stereocenters. The molecule has 14 heteroatoms. The lowest BCUT2D eigenvalue weighted by atomic mass is 9.81. The number of fused-ring (bicyclic) bond motifs is 1. The molecule has 1 aliphatic heterocycles. The number of esters is 2. The first-order valence-electron chi connectivity index (χ1n) is 49.1. The smallest absolute Gasteiger partial charge is 0.332 e. The number of carbonyl (C=O) groups excluding carboxylic acids is 3. The molecule has 684 valence electrons. The first-order chi connectivity index (χ1) is 58.8. The number of nitrogens with two attached hydrogens (primary N) is 1. The van der Waals surface area contributed by atoms with Gasteiger partial charge in [-0.2, -0.15) is 0 Å². The summed E-state index contributed by atoms with van der Waals surface area (Å²) in [7, 11) is -4.83. The number of hydrogen-bond acceptors (Lipinski definition) is 9. The van der Waals surface area contributed by atoms with E-state index in [-0.39, 0.29) is 23.8 Å². The van der Waals surface area contributed by atoms with Crippen LogP contribution in [-0.4, -0.2) is 92.2 Å². The monoisotopic (exact) mass is 1740 g/mol. The van der Waals surface area contributed by atoms with Gasteiger partial charge in [0.05, 0.1) is 31.1 Å². The lowest BCUT2D eigenvalue weighted by Gasteiger charge is -2.38.